The second kappa shape index (κ2) is 3.88. The van der Waals surface area contributed by atoms with Crippen LogP contribution in [0.1, 0.15) is 36.6 Å². The van der Waals surface area contributed by atoms with E-state index in [0.29, 0.717) is 6.54 Å². The highest BCUT2D eigenvalue weighted by Gasteiger charge is 2.20. The third-order valence-electron chi connectivity index (χ3n) is 2.12. The SMILES string of the molecule is CC(C)(C)c1cc(N)c(C(N)CN)s1. The lowest BCUT2D eigenvalue weighted by Crippen LogP contribution is -2.20. The molecule has 1 aromatic heterocycles. The van der Waals surface area contributed by atoms with Crippen LogP contribution >= 0.6 is 11.3 Å². The minimum atomic E-state index is -0.129. The molecule has 3 nitrogen and oxygen atoms in total. The van der Waals surface area contributed by atoms with Crippen LogP contribution in [0.15, 0.2) is 6.07 Å². The molecule has 14 heavy (non-hydrogen) atoms. The van der Waals surface area contributed by atoms with Gasteiger partial charge in [-0.2, -0.15) is 0 Å². The molecule has 0 aliphatic rings. The van der Waals surface area contributed by atoms with E-state index < -0.39 is 0 Å². The van der Waals surface area contributed by atoms with Crippen LogP contribution < -0.4 is 17.2 Å². The average Bonchev–Trinajstić information content (AvgIpc) is 2.45. The van der Waals surface area contributed by atoms with Gasteiger partial charge in [-0.05, 0) is 11.5 Å². The summed E-state index contributed by atoms with van der Waals surface area (Å²) in [5.41, 5.74) is 18.2. The van der Waals surface area contributed by atoms with Crippen molar-refractivity contribution in [2.45, 2.75) is 32.2 Å². The van der Waals surface area contributed by atoms with E-state index in [0.717, 1.165) is 10.6 Å². The van der Waals surface area contributed by atoms with Gasteiger partial charge in [0.25, 0.3) is 0 Å². The van der Waals surface area contributed by atoms with Crippen molar-refractivity contribution in [3.05, 3.63) is 15.8 Å². The van der Waals surface area contributed by atoms with E-state index in [1.165, 1.54) is 4.88 Å². The average molecular weight is 213 g/mol. The van der Waals surface area contributed by atoms with Crippen LogP contribution in [0.5, 0.6) is 0 Å². The summed E-state index contributed by atoms with van der Waals surface area (Å²) in [5, 5.41) is 0. The van der Waals surface area contributed by atoms with Gasteiger partial charge < -0.3 is 17.2 Å². The Bertz CT molecular complexity index is 312. The molecule has 1 rings (SSSR count). The summed E-state index contributed by atoms with van der Waals surface area (Å²) in [6, 6.07) is 1.88. The highest BCUT2D eigenvalue weighted by atomic mass is 32.1. The van der Waals surface area contributed by atoms with Crippen molar-refractivity contribution in [1.29, 1.82) is 0 Å². The van der Waals surface area contributed by atoms with Crippen molar-refractivity contribution < 1.29 is 0 Å². The first-order chi connectivity index (χ1) is 6.36. The van der Waals surface area contributed by atoms with Crippen molar-refractivity contribution in [1.82, 2.24) is 0 Å². The molecular weight excluding hydrogens is 194 g/mol. The number of thiophene rings is 1. The first-order valence-electron chi connectivity index (χ1n) is 4.71. The first-order valence-corrected chi connectivity index (χ1v) is 5.53. The predicted octanol–water partition coefficient (Wildman–Crippen LogP) is 1.59. The molecule has 1 heterocycles. The van der Waals surface area contributed by atoms with Crippen LogP contribution in [0.25, 0.3) is 0 Å². The summed E-state index contributed by atoms with van der Waals surface area (Å²) in [6.45, 7) is 6.93. The number of hydrogen-bond donors (Lipinski definition) is 3. The fourth-order valence-electron chi connectivity index (χ4n) is 1.19. The van der Waals surface area contributed by atoms with Gasteiger partial charge in [-0.1, -0.05) is 20.8 Å². The number of nitrogens with two attached hydrogens (primary N) is 3. The highest BCUT2D eigenvalue weighted by molar-refractivity contribution is 7.12. The molecule has 0 spiro atoms. The van der Waals surface area contributed by atoms with E-state index in [-0.39, 0.29) is 11.5 Å². The molecule has 6 N–H and O–H groups in total. The second-order valence-corrected chi connectivity index (χ2v) is 5.61. The molecule has 80 valence electrons. The lowest BCUT2D eigenvalue weighted by atomic mass is 9.94. The Morgan fingerprint density at radius 1 is 1.43 bits per heavy atom. The molecule has 1 atom stereocenters. The summed E-state index contributed by atoms with van der Waals surface area (Å²) in [4.78, 5) is 2.27. The van der Waals surface area contributed by atoms with Crippen LogP contribution in [0.3, 0.4) is 0 Å². The van der Waals surface area contributed by atoms with E-state index in [1.54, 1.807) is 11.3 Å². The monoisotopic (exact) mass is 213 g/mol. The molecule has 0 fully saturated rings. The summed E-state index contributed by atoms with van der Waals surface area (Å²) < 4.78 is 0. The fourth-order valence-corrected chi connectivity index (χ4v) is 2.34. The van der Waals surface area contributed by atoms with Crippen molar-refractivity contribution in [3.63, 3.8) is 0 Å². The summed E-state index contributed by atoms with van der Waals surface area (Å²) in [6.07, 6.45) is 0. The van der Waals surface area contributed by atoms with E-state index in [4.69, 9.17) is 17.2 Å². The van der Waals surface area contributed by atoms with Crippen molar-refractivity contribution in [3.8, 4) is 0 Å². The van der Waals surface area contributed by atoms with Gasteiger partial charge >= 0.3 is 0 Å². The van der Waals surface area contributed by atoms with Gasteiger partial charge in [0, 0.05) is 22.0 Å². The van der Waals surface area contributed by atoms with Crippen LogP contribution in [0, 0.1) is 0 Å². The molecule has 4 heteroatoms. The van der Waals surface area contributed by atoms with Gasteiger partial charge in [0.05, 0.1) is 6.04 Å². The Balaban J connectivity index is 3.05. The molecule has 0 saturated heterocycles. The normalized spacial score (nSPS) is 14.4. The molecule has 0 aliphatic carbocycles. The molecule has 1 unspecified atom stereocenters. The van der Waals surface area contributed by atoms with Crippen molar-refractivity contribution in [2.75, 3.05) is 12.3 Å². The maximum absolute atomic E-state index is 5.89. The zero-order chi connectivity index (χ0) is 10.9. The van der Waals surface area contributed by atoms with E-state index >= 15 is 0 Å². The summed E-state index contributed by atoms with van der Waals surface area (Å²) >= 11 is 1.67. The second-order valence-electron chi connectivity index (χ2n) is 4.52. The Morgan fingerprint density at radius 2 is 2.00 bits per heavy atom. The quantitative estimate of drug-likeness (QED) is 0.698. The van der Waals surface area contributed by atoms with Crippen LogP contribution in [-0.4, -0.2) is 6.54 Å². The lowest BCUT2D eigenvalue weighted by molar-refractivity contribution is 0.604. The van der Waals surface area contributed by atoms with E-state index in [2.05, 4.69) is 20.8 Å². The number of nitrogen functional groups attached to an aromatic ring is 1. The van der Waals surface area contributed by atoms with Gasteiger partial charge in [0.15, 0.2) is 0 Å². The van der Waals surface area contributed by atoms with E-state index in [1.807, 2.05) is 6.07 Å². The standard InChI is InChI=1S/C10H19N3S/c1-10(2,3)8-4-6(12)9(14-8)7(13)5-11/h4,7H,5,11-13H2,1-3H3. The third-order valence-corrected chi connectivity index (χ3v) is 3.83. The fraction of sp³-hybridized carbons (Fsp3) is 0.600. The number of hydrogen-bond acceptors (Lipinski definition) is 4. The van der Waals surface area contributed by atoms with Crippen LogP contribution in [0.4, 0.5) is 5.69 Å². The molecule has 1 aromatic rings. The molecule has 0 bridgehead atoms. The van der Waals surface area contributed by atoms with E-state index in [9.17, 15) is 0 Å². The predicted molar refractivity (Wildman–Crippen MR) is 63.4 cm³/mol. The molecule has 0 radical (unpaired) electrons. The Morgan fingerprint density at radius 3 is 2.36 bits per heavy atom. The smallest absolute Gasteiger partial charge is 0.0535 e. The topological polar surface area (TPSA) is 78.1 Å². The maximum atomic E-state index is 5.89. The van der Waals surface area contributed by atoms with Crippen molar-refractivity contribution >= 4 is 17.0 Å². The molecule has 0 saturated carbocycles. The van der Waals surface area contributed by atoms with Gasteiger partial charge in [-0.3, -0.25) is 0 Å². The number of rotatable bonds is 2. The molecule has 0 aromatic carbocycles. The van der Waals surface area contributed by atoms with Gasteiger partial charge in [-0.25, -0.2) is 0 Å². The Kier molecular flexibility index (Phi) is 3.19. The highest BCUT2D eigenvalue weighted by Crippen LogP contribution is 2.36. The van der Waals surface area contributed by atoms with Crippen LogP contribution in [-0.2, 0) is 5.41 Å². The summed E-state index contributed by atoms with van der Waals surface area (Å²) in [7, 11) is 0. The number of anilines is 1. The first kappa shape index (κ1) is 11.5. The minimum Gasteiger partial charge on any atom is -0.398 e. The Hall–Kier alpha value is -0.580. The maximum Gasteiger partial charge on any atom is 0.0535 e. The third kappa shape index (κ3) is 2.26. The minimum absolute atomic E-state index is 0.129. The molecular formula is C10H19N3S. The van der Waals surface area contributed by atoms with Crippen LogP contribution in [0.2, 0.25) is 0 Å². The molecule has 0 aliphatic heterocycles. The lowest BCUT2D eigenvalue weighted by Gasteiger charge is -2.15. The van der Waals surface area contributed by atoms with Gasteiger partial charge in [-0.15, -0.1) is 11.3 Å². The van der Waals surface area contributed by atoms with Gasteiger partial charge in [0.2, 0.25) is 0 Å². The largest absolute Gasteiger partial charge is 0.398 e. The zero-order valence-electron chi connectivity index (χ0n) is 9.00. The van der Waals surface area contributed by atoms with Gasteiger partial charge in [0.1, 0.15) is 0 Å². The molecule has 0 amide bonds. The zero-order valence-corrected chi connectivity index (χ0v) is 9.82. The summed E-state index contributed by atoms with van der Waals surface area (Å²) in [5.74, 6) is 0. The van der Waals surface area contributed by atoms with Crippen molar-refractivity contribution in [2.24, 2.45) is 11.5 Å². The Labute approximate surface area is 89.3 Å².